The minimum atomic E-state index is 0.710. The lowest BCUT2D eigenvalue weighted by Crippen LogP contribution is -2.20. The molecule has 1 aromatic carbocycles. The second kappa shape index (κ2) is 7.86. The van der Waals surface area contributed by atoms with Gasteiger partial charge in [0.2, 0.25) is 0 Å². The zero-order chi connectivity index (χ0) is 15.2. The van der Waals surface area contributed by atoms with E-state index in [1.165, 1.54) is 16.7 Å². The minimum Gasteiger partial charge on any atom is -0.493 e. The molecule has 0 bridgehead atoms. The number of hydrogen-bond acceptors (Lipinski definition) is 2. The van der Waals surface area contributed by atoms with E-state index in [1.807, 2.05) is 12.1 Å². The first kappa shape index (κ1) is 16.4. The molecular weight excluding hydrogens is 282 g/mol. The fourth-order valence-electron chi connectivity index (χ4n) is 2.66. The van der Waals surface area contributed by atoms with E-state index in [2.05, 4.69) is 32.2 Å². The monoisotopic (exact) mass is 307 g/mol. The Kier molecular flexibility index (Phi) is 6.13. The van der Waals surface area contributed by atoms with Crippen LogP contribution >= 0.6 is 11.6 Å². The van der Waals surface area contributed by atoms with Gasteiger partial charge in [0.05, 0.1) is 6.61 Å². The number of halogens is 1. The summed E-state index contributed by atoms with van der Waals surface area (Å²) >= 11 is 6.20. The zero-order valence-corrected chi connectivity index (χ0v) is 14.1. The molecule has 0 spiro atoms. The number of nitrogens with one attached hydrogen (secondary N) is 1. The quantitative estimate of drug-likeness (QED) is 0.595. The summed E-state index contributed by atoms with van der Waals surface area (Å²) in [5.41, 5.74) is 3.85. The lowest BCUT2D eigenvalue weighted by Gasteiger charge is -2.10. The van der Waals surface area contributed by atoms with E-state index in [4.69, 9.17) is 16.3 Å². The summed E-state index contributed by atoms with van der Waals surface area (Å²) in [6.07, 6.45) is 5.29. The van der Waals surface area contributed by atoms with Crippen molar-refractivity contribution in [3.8, 4) is 5.75 Å². The molecule has 1 aromatic rings. The van der Waals surface area contributed by atoms with Crippen molar-refractivity contribution in [2.45, 2.75) is 40.0 Å². The minimum absolute atomic E-state index is 0.710. The van der Waals surface area contributed by atoms with Crippen molar-refractivity contribution in [2.75, 3.05) is 19.7 Å². The van der Waals surface area contributed by atoms with Crippen molar-refractivity contribution in [1.82, 2.24) is 5.32 Å². The second-order valence-corrected chi connectivity index (χ2v) is 6.70. The van der Waals surface area contributed by atoms with Gasteiger partial charge in [-0.1, -0.05) is 37.1 Å². The van der Waals surface area contributed by atoms with Crippen LogP contribution in [0.5, 0.6) is 5.75 Å². The molecule has 116 valence electrons. The van der Waals surface area contributed by atoms with Crippen LogP contribution in [0.3, 0.4) is 0 Å². The standard InChI is InChI=1S/C18H26ClNO/c1-13(2)12-20-7-4-5-14(3)9-16-11-17(19)10-15-6-8-21-18(15)16/h5,10-11,13,20H,4,6-9,12H2,1-3H3/b14-5-. The second-order valence-electron chi connectivity index (χ2n) is 6.27. The summed E-state index contributed by atoms with van der Waals surface area (Å²) in [5, 5.41) is 4.28. The maximum Gasteiger partial charge on any atom is 0.126 e. The largest absolute Gasteiger partial charge is 0.493 e. The smallest absolute Gasteiger partial charge is 0.126 e. The van der Waals surface area contributed by atoms with Crippen molar-refractivity contribution >= 4 is 11.6 Å². The first-order valence-corrected chi connectivity index (χ1v) is 8.24. The third-order valence-corrected chi connectivity index (χ3v) is 3.88. The fraction of sp³-hybridized carbons (Fsp3) is 0.556. The van der Waals surface area contributed by atoms with Gasteiger partial charge in [-0.2, -0.15) is 0 Å². The van der Waals surface area contributed by atoms with Crippen LogP contribution in [0.25, 0.3) is 0 Å². The molecule has 2 rings (SSSR count). The Balaban J connectivity index is 1.89. The third kappa shape index (κ3) is 5.05. The Hall–Kier alpha value is -0.990. The van der Waals surface area contributed by atoms with Crippen LogP contribution in [-0.4, -0.2) is 19.7 Å². The Morgan fingerprint density at radius 3 is 3.00 bits per heavy atom. The molecule has 0 amide bonds. The highest BCUT2D eigenvalue weighted by Gasteiger charge is 2.17. The van der Waals surface area contributed by atoms with Crippen molar-refractivity contribution in [3.63, 3.8) is 0 Å². The van der Waals surface area contributed by atoms with E-state index in [9.17, 15) is 0 Å². The molecule has 0 fully saturated rings. The molecule has 0 atom stereocenters. The first-order valence-electron chi connectivity index (χ1n) is 7.86. The molecular formula is C18H26ClNO. The van der Waals surface area contributed by atoms with Gasteiger partial charge < -0.3 is 10.1 Å². The molecule has 0 saturated heterocycles. The van der Waals surface area contributed by atoms with Crippen molar-refractivity contribution in [3.05, 3.63) is 39.9 Å². The first-order chi connectivity index (χ1) is 10.1. The molecule has 21 heavy (non-hydrogen) atoms. The van der Waals surface area contributed by atoms with E-state index in [1.54, 1.807) is 0 Å². The van der Waals surface area contributed by atoms with E-state index in [0.717, 1.165) is 49.7 Å². The van der Waals surface area contributed by atoms with Crippen LogP contribution in [0.2, 0.25) is 5.02 Å². The highest BCUT2D eigenvalue weighted by molar-refractivity contribution is 6.30. The lowest BCUT2D eigenvalue weighted by atomic mass is 10.0. The molecule has 0 saturated carbocycles. The average Bonchev–Trinajstić information content (AvgIpc) is 2.86. The van der Waals surface area contributed by atoms with Crippen LogP contribution in [0.15, 0.2) is 23.8 Å². The van der Waals surface area contributed by atoms with Gasteiger partial charge in [-0.25, -0.2) is 0 Å². The Bertz CT molecular complexity index is 508. The number of benzene rings is 1. The Morgan fingerprint density at radius 2 is 2.24 bits per heavy atom. The zero-order valence-electron chi connectivity index (χ0n) is 13.3. The summed E-state index contributed by atoms with van der Waals surface area (Å²) in [7, 11) is 0. The number of allylic oxidation sites excluding steroid dienone is 1. The van der Waals surface area contributed by atoms with E-state index in [0.29, 0.717) is 5.92 Å². The van der Waals surface area contributed by atoms with Crippen LogP contribution in [-0.2, 0) is 12.8 Å². The Labute approximate surface area is 133 Å². The molecule has 1 aliphatic rings. The average molecular weight is 308 g/mol. The van der Waals surface area contributed by atoms with Gasteiger partial charge in [0.15, 0.2) is 0 Å². The molecule has 1 N–H and O–H groups in total. The van der Waals surface area contributed by atoms with Gasteiger partial charge in [-0.3, -0.25) is 0 Å². The summed E-state index contributed by atoms with van der Waals surface area (Å²) in [5.74, 6) is 1.77. The molecule has 0 aromatic heterocycles. The number of rotatable bonds is 7. The van der Waals surface area contributed by atoms with E-state index >= 15 is 0 Å². The van der Waals surface area contributed by atoms with Gasteiger partial charge in [-0.15, -0.1) is 0 Å². The van der Waals surface area contributed by atoms with Crippen LogP contribution in [0, 0.1) is 5.92 Å². The summed E-state index contributed by atoms with van der Waals surface area (Å²) in [6, 6.07) is 4.07. The van der Waals surface area contributed by atoms with Crippen molar-refractivity contribution in [2.24, 2.45) is 5.92 Å². The normalized spacial score (nSPS) is 14.4. The molecule has 0 radical (unpaired) electrons. The van der Waals surface area contributed by atoms with Gasteiger partial charge in [-0.05, 0) is 62.0 Å². The topological polar surface area (TPSA) is 21.3 Å². The van der Waals surface area contributed by atoms with Crippen molar-refractivity contribution < 1.29 is 4.74 Å². The molecule has 2 nitrogen and oxygen atoms in total. The fourth-order valence-corrected chi connectivity index (χ4v) is 2.92. The van der Waals surface area contributed by atoms with Gasteiger partial charge in [0.1, 0.15) is 5.75 Å². The van der Waals surface area contributed by atoms with Gasteiger partial charge >= 0.3 is 0 Å². The maximum atomic E-state index is 6.20. The van der Waals surface area contributed by atoms with E-state index < -0.39 is 0 Å². The summed E-state index contributed by atoms with van der Waals surface area (Å²) in [6.45, 7) is 9.55. The SMILES string of the molecule is C/C(=C/CCNCC(C)C)Cc1cc(Cl)cc2c1OCC2. The predicted octanol–water partition coefficient (Wildman–Crippen LogP) is 4.40. The highest BCUT2D eigenvalue weighted by Crippen LogP contribution is 2.34. The van der Waals surface area contributed by atoms with Gasteiger partial charge in [0.25, 0.3) is 0 Å². The predicted molar refractivity (Wildman–Crippen MR) is 90.4 cm³/mol. The van der Waals surface area contributed by atoms with E-state index in [-0.39, 0.29) is 0 Å². The summed E-state index contributed by atoms with van der Waals surface area (Å²) in [4.78, 5) is 0. The van der Waals surface area contributed by atoms with Crippen LogP contribution in [0.4, 0.5) is 0 Å². The van der Waals surface area contributed by atoms with Crippen LogP contribution < -0.4 is 10.1 Å². The van der Waals surface area contributed by atoms with Gasteiger partial charge in [0, 0.05) is 11.4 Å². The number of fused-ring (bicyclic) bond motifs is 1. The van der Waals surface area contributed by atoms with Crippen LogP contribution in [0.1, 0.15) is 38.3 Å². The third-order valence-electron chi connectivity index (χ3n) is 3.66. The van der Waals surface area contributed by atoms with Crippen molar-refractivity contribution in [1.29, 1.82) is 0 Å². The molecule has 3 heteroatoms. The lowest BCUT2D eigenvalue weighted by molar-refractivity contribution is 0.354. The summed E-state index contributed by atoms with van der Waals surface area (Å²) < 4.78 is 5.76. The molecule has 1 heterocycles. The number of ether oxygens (including phenoxy) is 1. The highest BCUT2D eigenvalue weighted by atomic mass is 35.5. The molecule has 1 aliphatic heterocycles. The molecule has 0 unspecified atom stereocenters. The Morgan fingerprint density at radius 1 is 1.43 bits per heavy atom. The maximum absolute atomic E-state index is 6.20. The number of hydrogen-bond donors (Lipinski definition) is 1. The molecule has 0 aliphatic carbocycles.